The van der Waals surface area contributed by atoms with Crippen LogP contribution in [0.2, 0.25) is 0 Å². The Morgan fingerprint density at radius 1 is 1.10 bits per heavy atom. The maximum atomic E-state index is 13.6. The molecule has 1 N–H and O–H groups in total. The number of hydrogen-bond donors (Lipinski definition) is 1. The van der Waals surface area contributed by atoms with Crippen molar-refractivity contribution >= 4 is 23.2 Å². The average molecular weight is 426 g/mol. The first kappa shape index (κ1) is 10.5. The van der Waals surface area contributed by atoms with Crippen LogP contribution in [0.25, 0.3) is 5.69 Å². The van der Waals surface area contributed by atoms with E-state index in [9.17, 15) is 13.6 Å². The van der Waals surface area contributed by atoms with E-state index < -0.39 is 55.3 Å². The minimum absolute atomic E-state index is 0. The third kappa shape index (κ3) is 4.40. The fourth-order valence-electron chi connectivity index (χ4n) is 2.70. The van der Waals surface area contributed by atoms with Gasteiger partial charge in [-0.25, -0.2) is 13.5 Å². The highest BCUT2D eigenvalue weighted by atomic mass is 19.1. The van der Waals surface area contributed by atoms with Crippen molar-refractivity contribution in [3.63, 3.8) is 0 Å². The van der Waals surface area contributed by atoms with Crippen LogP contribution in [0.4, 0.5) is 26.1 Å². The van der Waals surface area contributed by atoms with Gasteiger partial charge >= 0.3 is 0 Å². The van der Waals surface area contributed by atoms with Gasteiger partial charge in [-0.1, -0.05) is 0 Å². The van der Waals surface area contributed by atoms with Gasteiger partial charge < -0.3 is 15.1 Å². The van der Waals surface area contributed by atoms with Gasteiger partial charge in [-0.2, -0.15) is 4.98 Å². The number of aryl methyl sites for hydroxylation is 1. The third-order valence-corrected chi connectivity index (χ3v) is 3.93. The third-order valence-electron chi connectivity index (χ3n) is 3.93. The van der Waals surface area contributed by atoms with Gasteiger partial charge in [-0.3, -0.25) is 4.79 Å². The molecule has 1 aliphatic rings. The Labute approximate surface area is 189 Å². The van der Waals surface area contributed by atoms with Gasteiger partial charge in [-0.05, 0) is 42.8 Å². The van der Waals surface area contributed by atoms with Crippen molar-refractivity contribution in [2.24, 2.45) is 0 Å². The van der Waals surface area contributed by atoms with Gasteiger partial charge in [0.25, 0.3) is 0 Å². The lowest BCUT2D eigenvalue weighted by molar-refractivity contribution is -0.129. The van der Waals surface area contributed by atoms with E-state index in [4.69, 9.17) is 15.1 Å². The number of benzene rings is 2. The Hall–Kier alpha value is -3.49. The molecule has 3 aromatic rings. The lowest BCUT2D eigenvalue weighted by Gasteiger charge is -2.36. The highest BCUT2D eigenvalue weighted by molar-refractivity contribution is 5.73. The van der Waals surface area contributed by atoms with Gasteiger partial charge in [0, 0.05) is 55.8 Å². The molecule has 0 saturated carbocycles. The van der Waals surface area contributed by atoms with Crippen molar-refractivity contribution in [3.8, 4) is 5.69 Å². The molecule has 0 radical (unpaired) electrons. The number of nitrogens with zero attached hydrogens (tertiary/aromatic N) is 5. The molecular formula is C21H24F2N6O. The molecule has 1 aromatic heterocycles. The summed E-state index contributed by atoms with van der Waals surface area (Å²) < 4.78 is 118. The Balaban J connectivity index is 0.00000484. The molecule has 1 aliphatic heterocycles. The summed E-state index contributed by atoms with van der Waals surface area (Å²) in [4.78, 5) is 16.2. The molecular weight excluding hydrogens is 390 g/mol. The summed E-state index contributed by atoms with van der Waals surface area (Å²) in [7, 11) is 0. The first-order chi connectivity index (χ1) is 18.6. The Morgan fingerprint density at radius 2 is 1.83 bits per heavy atom. The standard InChI is InChI=1S/C21H22F2N6O.H2/c1-14-7-18(12-19(8-14)28-5-3-27(4-6-28)15(2)30)25-21-24-13-29(26-21)20-10-16(22)9-17(23)11-20;/h7-13H,3-6H2,1-2H3,(H,25,26);1H/i2D3,3D2,4D2,5D2,6D2;. The molecule has 0 bridgehead atoms. The molecule has 0 unspecified atom stereocenters. The van der Waals surface area contributed by atoms with Crippen molar-refractivity contribution in [2.45, 2.75) is 13.8 Å². The van der Waals surface area contributed by atoms with E-state index in [0.29, 0.717) is 11.6 Å². The van der Waals surface area contributed by atoms with Crippen LogP contribution < -0.4 is 10.2 Å². The Bertz CT molecular complexity index is 1460. The zero-order valence-electron chi connectivity index (χ0n) is 26.4. The van der Waals surface area contributed by atoms with Gasteiger partial charge in [0.2, 0.25) is 11.9 Å². The number of rotatable bonds is 4. The van der Waals surface area contributed by atoms with E-state index in [1.165, 1.54) is 19.1 Å². The topological polar surface area (TPSA) is 66.3 Å². The predicted molar refractivity (Wildman–Crippen MR) is 112 cm³/mol. The molecule has 4 rings (SSSR count). The number of carbonyl (C=O) groups excluding carboxylic acids is 1. The van der Waals surface area contributed by atoms with Crippen molar-refractivity contribution in [1.82, 2.24) is 19.7 Å². The van der Waals surface area contributed by atoms with Crippen molar-refractivity contribution < 1.29 is 30.1 Å². The van der Waals surface area contributed by atoms with Crippen LogP contribution in [-0.4, -0.2) is 51.6 Å². The van der Waals surface area contributed by atoms with Crippen molar-refractivity contribution in [1.29, 1.82) is 0 Å². The van der Waals surface area contributed by atoms with Gasteiger partial charge in [0.15, 0.2) is 0 Å². The fraction of sp³-hybridized carbons (Fsp3) is 0.286. The zero-order chi connectivity index (χ0) is 30.9. The predicted octanol–water partition coefficient (Wildman–Crippen LogP) is 3.51. The van der Waals surface area contributed by atoms with Crippen molar-refractivity contribution in [2.75, 3.05) is 36.2 Å². The van der Waals surface area contributed by atoms with E-state index in [-0.39, 0.29) is 29.3 Å². The Morgan fingerprint density at radius 3 is 2.53 bits per heavy atom. The van der Waals surface area contributed by atoms with Gasteiger partial charge in [-0.15, -0.1) is 5.10 Å². The average Bonchev–Trinajstić information content (AvgIpc) is 3.24. The van der Waals surface area contributed by atoms with Gasteiger partial charge in [0.05, 0.1) is 16.7 Å². The second-order valence-electron chi connectivity index (χ2n) is 6.25. The number of carbonyl (C=O) groups is 1. The SMILES string of the molecule is [2H]C([2H])([2H])C(=O)N1C([2H])([2H])C([2H])([2H])N(c2cc(C)cc(Nc3ncn(-c4cc(F)cc(F)c4)n3)c2)C([2H])([2H])C1([2H])[2H].[HH]. The van der Waals surface area contributed by atoms with Crippen LogP contribution in [0.3, 0.4) is 0 Å². The monoisotopic (exact) mass is 425 g/mol. The van der Waals surface area contributed by atoms with Crippen LogP contribution in [0, 0.1) is 18.6 Å². The summed E-state index contributed by atoms with van der Waals surface area (Å²) in [6.45, 7) is -16.4. The summed E-state index contributed by atoms with van der Waals surface area (Å²) in [5, 5.41) is 6.83. The van der Waals surface area contributed by atoms with Crippen LogP contribution in [0.5, 0.6) is 0 Å². The summed E-state index contributed by atoms with van der Waals surface area (Å²) in [5.74, 6) is -3.91. The fourth-order valence-corrected chi connectivity index (χ4v) is 2.70. The molecule has 1 amide bonds. The van der Waals surface area contributed by atoms with E-state index >= 15 is 0 Å². The highest BCUT2D eigenvalue weighted by Crippen LogP contribution is 2.25. The molecule has 2 heterocycles. The number of piperazine rings is 1. The van der Waals surface area contributed by atoms with Gasteiger partial charge in [0.1, 0.15) is 18.0 Å². The Kier molecular flexibility index (Phi) is 2.84. The first-order valence-electron chi connectivity index (χ1n) is 14.0. The molecule has 1 fully saturated rings. The number of amides is 1. The van der Waals surface area contributed by atoms with E-state index in [0.717, 1.165) is 29.2 Å². The minimum Gasteiger partial charge on any atom is -0.368 e. The van der Waals surface area contributed by atoms with Crippen LogP contribution in [0.1, 0.15) is 28.9 Å². The largest absolute Gasteiger partial charge is 0.368 e. The molecule has 0 spiro atoms. The lowest BCUT2D eigenvalue weighted by Crippen LogP contribution is -2.48. The second kappa shape index (κ2) is 8.10. The van der Waals surface area contributed by atoms with Crippen molar-refractivity contribution in [3.05, 3.63) is 59.9 Å². The first-order valence-corrected chi connectivity index (χ1v) is 8.53. The summed E-state index contributed by atoms with van der Waals surface area (Å²) in [5.41, 5.74) is 0.119. The number of halogens is 2. The molecule has 9 heteroatoms. The molecule has 7 nitrogen and oxygen atoms in total. The highest BCUT2D eigenvalue weighted by Gasteiger charge is 2.19. The van der Waals surface area contributed by atoms with Crippen LogP contribution in [0.15, 0.2) is 42.7 Å². The van der Waals surface area contributed by atoms with E-state index in [1.807, 2.05) is 0 Å². The van der Waals surface area contributed by atoms with Crippen LogP contribution >= 0.6 is 0 Å². The maximum Gasteiger partial charge on any atom is 0.246 e. The smallest absolute Gasteiger partial charge is 0.246 e. The number of aromatic nitrogens is 3. The second-order valence-corrected chi connectivity index (χ2v) is 6.25. The molecule has 158 valence electrons. The molecule has 0 atom stereocenters. The van der Waals surface area contributed by atoms with E-state index in [2.05, 4.69) is 15.4 Å². The molecule has 1 saturated heterocycles. The molecule has 2 aromatic carbocycles. The quantitative estimate of drug-likeness (QED) is 0.693. The summed E-state index contributed by atoms with van der Waals surface area (Å²) in [6, 6.07) is 6.56. The van der Waals surface area contributed by atoms with Crippen LogP contribution in [-0.2, 0) is 4.79 Å². The summed E-state index contributed by atoms with van der Waals surface area (Å²) in [6.07, 6.45) is 1.15. The maximum absolute atomic E-state index is 13.6. The zero-order valence-corrected chi connectivity index (χ0v) is 15.4. The minimum atomic E-state index is -3.68. The molecule has 30 heavy (non-hydrogen) atoms. The summed E-state index contributed by atoms with van der Waals surface area (Å²) >= 11 is 0. The molecule has 0 aliphatic carbocycles. The normalized spacial score (nSPS) is 26.7. The number of anilines is 3. The van der Waals surface area contributed by atoms with E-state index in [1.54, 1.807) is 0 Å². The lowest BCUT2D eigenvalue weighted by atomic mass is 10.1. The number of hydrogen-bond acceptors (Lipinski definition) is 5. The number of nitrogens with one attached hydrogen (secondary N) is 1.